The van der Waals surface area contributed by atoms with E-state index in [0.717, 1.165) is 6.08 Å². The van der Waals surface area contributed by atoms with Gasteiger partial charge in [0.25, 0.3) is 5.91 Å². The van der Waals surface area contributed by atoms with Crippen LogP contribution in [0.3, 0.4) is 0 Å². The average Bonchev–Trinajstić information content (AvgIpc) is 2.45. The summed E-state index contributed by atoms with van der Waals surface area (Å²) in [5.41, 5.74) is 1.15. The Morgan fingerprint density at radius 3 is 2.38 bits per heavy atom. The molecule has 0 aromatic heterocycles. The highest BCUT2D eigenvalue weighted by molar-refractivity contribution is 5.94. The zero-order valence-corrected chi connectivity index (χ0v) is 11.8. The highest BCUT2D eigenvalue weighted by Gasteiger charge is 2.05. The van der Waals surface area contributed by atoms with Crippen molar-refractivity contribution in [3.63, 3.8) is 0 Å². The average molecular weight is 290 g/mol. The second kappa shape index (κ2) is 8.52. The zero-order valence-electron chi connectivity index (χ0n) is 11.8. The Bertz CT molecular complexity index is 535. The van der Waals surface area contributed by atoms with Gasteiger partial charge in [-0.25, -0.2) is 4.79 Å². The molecule has 0 spiro atoms. The molecule has 0 saturated heterocycles. The second-order valence-corrected chi connectivity index (χ2v) is 4.25. The molecule has 0 saturated carbocycles. The van der Waals surface area contributed by atoms with Crippen LogP contribution in [0.25, 0.3) is 6.08 Å². The van der Waals surface area contributed by atoms with Crippen LogP contribution in [-0.2, 0) is 9.59 Å². The number of hydrogen-bond acceptors (Lipinski definition) is 3. The van der Waals surface area contributed by atoms with E-state index in [0.29, 0.717) is 17.7 Å². The summed E-state index contributed by atoms with van der Waals surface area (Å²) in [6.07, 6.45) is 2.71. The Labute approximate surface area is 122 Å². The standard InChI is InChI=1S/C15H18N2O4/c1-2-16-13(18)9-10-17-15(21)12-6-3-11(4-7-12)5-8-14(19)20/h3-8H,2,9-10H2,1H3,(H,16,18)(H,17,21)(H,19,20)/b8-5+. The van der Waals surface area contributed by atoms with Gasteiger partial charge in [0.1, 0.15) is 0 Å². The summed E-state index contributed by atoms with van der Waals surface area (Å²) in [6, 6.07) is 6.50. The molecule has 0 aliphatic rings. The van der Waals surface area contributed by atoms with Crippen molar-refractivity contribution >= 4 is 23.9 Å². The van der Waals surface area contributed by atoms with Gasteiger partial charge in [-0.15, -0.1) is 0 Å². The maximum absolute atomic E-state index is 11.8. The van der Waals surface area contributed by atoms with Crippen LogP contribution in [0.1, 0.15) is 29.3 Å². The summed E-state index contributed by atoms with van der Waals surface area (Å²) in [4.78, 5) is 33.4. The third-order valence-corrected chi connectivity index (χ3v) is 2.60. The van der Waals surface area contributed by atoms with Crippen molar-refractivity contribution in [1.29, 1.82) is 0 Å². The molecule has 21 heavy (non-hydrogen) atoms. The molecular formula is C15H18N2O4. The molecule has 0 atom stereocenters. The van der Waals surface area contributed by atoms with Gasteiger partial charge in [0.15, 0.2) is 0 Å². The van der Waals surface area contributed by atoms with E-state index in [-0.39, 0.29) is 24.8 Å². The Morgan fingerprint density at radius 2 is 1.81 bits per heavy atom. The molecule has 0 bridgehead atoms. The SMILES string of the molecule is CCNC(=O)CCNC(=O)c1ccc(/C=C/C(=O)O)cc1. The van der Waals surface area contributed by atoms with E-state index < -0.39 is 5.97 Å². The van der Waals surface area contributed by atoms with Gasteiger partial charge in [0.2, 0.25) is 5.91 Å². The van der Waals surface area contributed by atoms with Crippen molar-refractivity contribution in [2.45, 2.75) is 13.3 Å². The van der Waals surface area contributed by atoms with Crippen LogP contribution >= 0.6 is 0 Å². The number of rotatable bonds is 7. The predicted octanol–water partition coefficient (Wildman–Crippen LogP) is 1.04. The van der Waals surface area contributed by atoms with Crippen molar-refractivity contribution < 1.29 is 19.5 Å². The summed E-state index contributed by atoms with van der Waals surface area (Å²) >= 11 is 0. The van der Waals surface area contributed by atoms with Crippen LogP contribution in [0, 0.1) is 0 Å². The first-order valence-corrected chi connectivity index (χ1v) is 6.59. The van der Waals surface area contributed by atoms with E-state index in [4.69, 9.17) is 5.11 Å². The molecule has 6 heteroatoms. The molecule has 0 fully saturated rings. The number of benzene rings is 1. The number of carboxylic acid groups (broad SMARTS) is 1. The van der Waals surface area contributed by atoms with E-state index in [9.17, 15) is 14.4 Å². The zero-order chi connectivity index (χ0) is 15.7. The van der Waals surface area contributed by atoms with E-state index in [1.807, 2.05) is 6.92 Å². The largest absolute Gasteiger partial charge is 0.478 e. The van der Waals surface area contributed by atoms with Gasteiger partial charge >= 0.3 is 5.97 Å². The summed E-state index contributed by atoms with van der Waals surface area (Å²) < 4.78 is 0. The van der Waals surface area contributed by atoms with Gasteiger partial charge in [0.05, 0.1) is 0 Å². The smallest absolute Gasteiger partial charge is 0.328 e. The predicted molar refractivity (Wildman–Crippen MR) is 78.7 cm³/mol. The van der Waals surface area contributed by atoms with Crippen molar-refractivity contribution in [3.05, 3.63) is 41.5 Å². The van der Waals surface area contributed by atoms with E-state index in [2.05, 4.69) is 10.6 Å². The molecule has 6 nitrogen and oxygen atoms in total. The molecule has 2 amide bonds. The minimum absolute atomic E-state index is 0.105. The topological polar surface area (TPSA) is 95.5 Å². The van der Waals surface area contributed by atoms with E-state index in [1.165, 1.54) is 6.08 Å². The molecule has 0 heterocycles. The van der Waals surface area contributed by atoms with Crippen molar-refractivity contribution in [3.8, 4) is 0 Å². The number of aliphatic carboxylic acids is 1. The number of nitrogens with one attached hydrogen (secondary N) is 2. The summed E-state index contributed by atoms with van der Waals surface area (Å²) in [5.74, 6) is -1.40. The number of amides is 2. The number of hydrogen-bond donors (Lipinski definition) is 3. The van der Waals surface area contributed by atoms with Crippen molar-refractivity contribution in [1.82, 2.24) is 10.6 Å². The normalized spacial score (nSPS) is 10.3. The van der Waals surface area contributed by atoms with Gasteiger partial charge in [-0.1, -0.05) is 12.1 Å². The number of carbonyl (C=O) groups is 3. The Hall–Kier alpha value is -2.63. The summed E-state index contributed by atoms with van der Waals surface area (Å²) in [7, 11) is 0. The molecule has 3 N–H and O–H groups in total. The van der Waals surface area contributed by atoms with Crippen LogP contribution in [0.5, 0.6) is 0 Å². The fraction of sp³-hybridized carbons (Fsp3) is 0.267. The lowest BCUT2D eigenvalue weighted by Gasteiger charge is -2.05. The van der Waals surface area contributed by atoms with Gasteiger partial charge in [-0.3, -0.25) is 9.59 Å². The first-order valence-electron chi connectivity index (χ1n) is 6.59. The quantitative estimate of drug-likeness (QED) is 0.654. The Balaban J connectivity index is 2.48. The van der Waals surface area contributed by atoms with Crippen LogP contribution in [0.15, 0.2) is 30.3 Å². The molecule has 1 aromatic rings. The first-order chi connectivity index (χ1) is 10.0. The highest BCUT2D eigenvalue weighted by atomic mass is 16.4. The van der Waals surface area contributed by atoms with E-state index >= 15 is 0 Å². The van der Waals surface area contributed by atoms with Crippen LogP contribution < -0.4 is 10.6 Å². The van der Waals surface area contributed by atoms with Gasteiger partial charge in [0, 0.05) is 31.1 Å². The third kappa shape index (κ3) is 6.38. The van der Waals surface area contributed by atoms with Crippen molar-refractivity contribution in [2.24, 2.45) is 0 Å². The molecule has 0 radical (unpaired) electrons. The number of carbonyl (C=O) groups excluding carboxylic acids is 2. The molecule has 0 aliphatic heterocycles. The van der Waals surface area contributed by atoms with Crippen LogP contribution in [0.4, 0.5) is 0 Å². The van der Waals surface area contributed by atoms with Crippen molar-refractivity contribution in [2.75, 3.05) is 13.1 Å². The lowest BCUT2D eigenvalue weighted by molar-refractivity contribution is -0.131. The second-order valence-electron chi connectivity index (χ2n) is 4.25. The van der Waals surface area contributed by atoms with Crippen LogP contribution in [0.2, 0.25) is 0 Å². The summed E-state index contributed by atoms with van der Waals surface area (Å²) in [5, 5.41) is 13.8. The van der Waals surface area contributed by atoms with Crippen LogP contribution in [-0.4, -0.2) is 36.0 Å². The first kappa shape index (κ1) is 16.4. The molecule has 1 aromatic carbocycles. The molecule has 112 valence electrons. The maximum Gasteiger partial charge on any atom is 0.328 e. The summed E-state index contributed by atoms with van der Waals surface area (Å²) in [6.45, 7) is 2.67. The molecular weight excluding hydrogens is 272 g/mol. The lowest BCUT2D eigenvalue weighted by atomic mass is 10.1. The minimum atomic E-state index is -1.03. The fourth-order valence-electron chi connectivity index (χ4n) is 1.59. The van der Waals surface area contributed by atoms with Gasteiger partial charge < -0.3 is 15.7 Å². The monoisotopic (exact) mass is 290 g/mol. The third-order valence-electron chi connectivity index (χ3n) is 2.60. The maximum atomic E-state index is 11.8. The molecule has 0 unspecified atom stereocenters. The number of carboxylic acids is 1. The van der Waals surface area contributed by atoms with E-state index in [1.54, 1.807) is 24.3 Å². The Kier molecular flexibility index (Phi) is 6.67. The molecule has 0 aliphatic carbocycles. The lowest BCUT2D eigenvalue weighted by Crippen LogP contribution is -2.30. The Morgan fingerprint density at radius 1 is 1.14 bits per heavy atom. The molecule has 1 rings (SSSR count). The minimum Gasteiger partial charge on any atom is -0.478 e. The fourth-order valence-corrected chi connectivity index (χ4v) is 1.59. The highest BCUT2D eigenvalue weighted by Crippen LogP contribution is 2.06. The van der Waals surface area contributed by atoms with Gasteiger partial charge in [-0.05, 0) is 30.7 Å². The van der Waals surface area contributed by atoms with Gasteiger partial charge in [-0.2, -0.15) is 0 Å².